The van der Waals surface area contributed by atoms with Crippen LogP contribution in [0.25, 0.3) is 0 Å². The van der Waals surface area contributed by atoms with Gasteiger partial charge in [0.05, 0.1) is 5.69 Å². The minimum Gasteiger partial charge on any atom is -0.371 e. The third-order valence-electron chi connectivity index (χ3n) is 3.89. The van der Waals surface area contributed by atoms with Gasteiger partial charge in [0.2, 0.25) is 0 Å². The number of anilines is 1. The van der Waals surface area contributed by atoms with E-state index in [1.54, 1.807) is 0 Å². The molecule has 2 rings (SSSR count). The molecule has 1 aromatic rings. The first kappa shape index (κ1) is 14.9. The first-order valence-electron chi connectivity index (χ1n) is 7.44. The van der Waals surface area contributed by atoms with Crippen LogP contribution in [0.1, 0.15) is 38.7 Å². The van der Waals surface area contributed by atoms with Gasteiger partial charge in [0, 0.05) is 24.1 Å². The second kappa shape index (κ2) is 7.30. The molecule has 0 amide bonds. The average molecular weight is 325 g/mol. The first-order chi connectivity index (χ1) is 9.20. The molecule has 0 unspecified atom stereocenters. The Morgan fingerprint density at radius 1 is 1.32 bits per heavy atom. The van der Waals surface area contributed by atoms with Crippen molar-refractivity contribution >= 4 is 21.6 Å². The van der Waals surface area contributed by atoms with E-state index in [1.165, 1.54) is 48.1 Å². The van der Waals surface area contributed by atoms with Crippen LogP contribution in [0.5, 0.6) is 0 Å². The van der Waals surface area contributed by atoms with E-state index in [1.807, 2.05) is 0 Å². The van der Waals surface area contributed by atoms with Crippen molar-refractivity contribution in [1.82, 2.24) is 5.32 Å². The summed E-state index contributed by atoms with van der Waals surface area (Å²) in [6, 6.07) is 6.78. The van der Waals surface area contributed by atoms with E-state index in [0.29, 0.717) is 0 Å². The quantitative estimate of drug-likeness (QED) is 0.817. The van der Waals surface area contributed by atoms with E-state index in [4.69, 9.17) is 0 Å². The van der Waals surface area contributed by atoms with Gasteiger partial charge in [-0.2, -0.15) is 0 Å². The van der Waals surface area contributed by atoms with Crippen LogP contribution < -0.4 is 10.2 Å². The summed E-state index contributed by atoms with van der Waals surface area (Å²) in [5, 5.41) is 3.45. The summed E-state index contributed by atoms with van der Waals surface area (Å²) in [4.78, 5) is 2.51. The van der Waals surface area contributed by atoms with Gasteiger partial charge in [0.15, 0.2) is 0 Å². The fourth-order valence-electron chi connectivity index (χ4n) is 2.58. The minimum atomic E-state index is 0.882. The Kier molecular flexibility index (Phi) is 5.71. The highest BCUT2D eigenvalue weighted by molar-refractivity contribution is 9.10. The van der Waals surface area contributed by atoms with Crippen molar-refractivity contribution in [3.63, 3.8) is 0 Å². The standard InChI is InChI=1S/C16H25BrN2/c1-3-8-18-12-14-4-5-16(15(17)11-14)19-9-6-13(2)7-10-19/h4-5,11,13,18H,3,6-10,12H2,1-2H3. The van der Waals surface area contributed by atoms with E-state index in [-0.39, 0.29) is 0 Å². The van der Waals surface area contributed by atoms with Crippen LogP contribution in [0.4, 0.5) is 5.69 Å². The van der Waals surface area contributed by atoms with Gasteiger partial charge in [0.1, 0.15) is 0 Å². The highest BCUT2D eigenvalue weighted by Crippen LogP contribution is 2.30. The Labute approximate surface area is 125 Å². The zero-order chi connectivity index (χ0) is 13.7. The van der Waals surface area contributed by atoms with Crippen LogP contribution in [-0.4, -0.2) is 19.6 Å². The smallest absolute Gasteiger partial charge is 0.0510 e. The molecule has 0 atom stereocenters. The zero-order valence-corrected chi connectivity index (χ0v) is 13.7. The molecule has 1 heterocycles. The van der Waals surface area contributed by atoms with E-state index in [0.717, 1.165) is 19.0 Å². The molecule has 0 radical (unpaired) electrons. The van der Waals surface area contributed by atoms with E-state index in [9.17, 15) is 0 Å². The lowest BCUT2D eigenvalue weighted by Gasteiger charge is -2.33. The number of rotatable bonds is 5. The van der Waals surface area contributed by atoms with Crippen LogP contribution in [0.3, 0.4) is 0 Å². The molecule has 1 N–H and O–H groups in total. The van der Waals surface area contributed by atoms with Gasteiger partial charge >= 0.3 is 0 Å². The highest BCUT2D eigenvalue weighted by atomic mass is 79.9. The maximum atomic E-state index is 3.74. The van der Waals surface area contributed by atoms with Gasteiger partial charge in [-0.3, -0.25) is 0 Å². The molecule has 3 heteroatoms. The van der Waals surface area contributed by atoms with Crippen molar-refractivity contribution in [1.29, 1.82) is 0 Å². The Hall–Kier alpha value is -0.540. The maximum absolute atomic E-state index is 3.74. The van der Waals surface area contributed by atoms with Gasteiger partial charge in [-0.25, -0.2) is 0 Å². The maximum Gasteiger partial charge on any atom is 0.0510 e. The van der Waals surface area contributed by atoms with E-state index >= 15 is 0 Å². The molecular formula is C16H25BrN2. The summed E-state index contributed by atoms with van der Waals surface area (Å²) in [7, 11) is 0. The van der Waals surface area contributed by atoms with Crippen molar-refractivity contribution in [2.75, 3.05) is 24.5 Å². The molecule has 0 aromatic heterocycles. The summed E-state index contributed by atoms with van der Waals surface area (Å²) in [6.45, 7) is 8.98. The van der Waals surface area contributed by atoms with Gasteiger partial charge < -0.3 is 10.2 Å². The number of hydrogen-bond donors (Lipinski definition) is 1. The van der Waals surface area contributed by atoms with Crippen LogP contribution in [-0.2, 0) is 6.54 Å². The fraction of sp³-hybridized carbons (Fsp3) is 0.625. The van der Waals surface area contributed by atoms with Crippen molar-refractivity contribution in [2.24, 2.45) is 5.92 Å². The molecule has 0 aliphatic carbocycles. The summed E-state index contributed by atoms with van der Waals surface area (Å²) < 4.78 is 1.23. The van der Waals surface area contributed by atoms with Crippen molar-refractivity contribution in [3.05, 3.63) is 28.2 Å². The third kappa shape index (κ3) is 4.22. The highest BCUT2D eigenvalue weighted by Gasteiger charge is 2.17. The molecule has 0 bridgehead atoms. The number of nitrogens with one attached hydrogen (secondary N) is 1. The molecule has 1 fully saturated rings. The van der Waals surface area contributed by atoms with E-state index in [2.05, 4.69) is 58.2 Å². The first-order valence-corrected chi connectivity index (χ1v) is 8.24. The van der Waals surface area contributed by atoms with Gasteiger partial charge in [-0.15, -0.1) is 0 Å². The van der Waals surface area contributed by atoms with Crippen LogP contribution in [0.15, 0.2) is 22.7 Å². The number of benzene rings is 1. The average Bonchev–Trinajstić information content (AvgIpc) is 2.41. The summed E-state index contributed by atoms with van der Waals surface area (Å²) in [5.74, 6) is 0.882. The predicted octanol–water partition coefficient (Wildman–Crippen LogP) is 4.19. The number of nitrogens with zero attached hydrogens (tertiary/aromatic N) is 1. The molecule has 0 spiro atoms. The molecule has 19 heavy (non-hydrogen) atoms. The third-order valence-corrected chi connectivity index (χ3v) is 4.53. The number of halogens is 1. The zero-order valence-electron chi connectivity index (χ0n) is 12.1. The lowest BCUT2D eigenvalue weighted by molar-refractivity contribution is 0.438. The largest absolute Gasteiger partial charge is 0.371 e. The summed E-state index contributed by atoms with van der Waals surface area (Å²) in [6.07, 6.45) is 3.81. The van der Waals surface area contributed by atoms with Crippen LogP contribution in [0.2, 0.25) is 0 Å². The Morgan fingerprint density at radius 3 is 2.68 bits per heavy atom. The predicted molar refractivity (Wildman–Crippen MR) is 86.8 cm³/mol. The molecule has 1 saturated heterocycles. The number of piperidine rings is 1. The molecule has 1 aromatic carbocycles. The lowest BCUT2D eigenvalue weighted by atomic mass is 9.98. The van der Waals surface area contributed by atoms with Gasteiger partial charge in [0.25, 0.3) is 0 Å². The SMILES string of the molecule is CCCNCc1ccc(N2CCC(C)CC2)c(Br)c1. The van der Waals surface area contributed by atoms with E-state index < -0.39 is 0 Å². The molecule has 2 nitrogen and oxygen atoms in total. The second-order valence-corrected chi connectivity index (χ2v) is 6.49. The Morgan fingerprint density at radius 2 is 2.05 bits per heavy atom. The van der Waals surface area contributed by atoms with Crippen molar-refractivity contribution < 1.29 is 0 Å². The lowest BCUT2D eigenvalue weighted by Crippen LogP contribution is -2.33. The molecule has 106 valence electrons. The van der Waals surface area contributed by atoms with Gasteiger partial charge in [-0.05, 0) is 65.4 Å². The van der Waals surface area contributed by atoms with Crippen molar-refractivity contribution in [2.45, 2.75) is 39.7 Å². The minimum absolute atomic E-state index is 0.882. The van der Waals surface area contributed by atoms with Crippen LogP contribution in [0, 0.1) is 5.92 Å². The fourth-order valence-corrected chi connectivity index (χ4v) is 3.25. The van der Waals surface area contributed by atoms with Gasteiger partial charge in [-0.1, -0.05) is 19.9 Å². The second-order valence-electron chi connectivity index (χ2n) is 5.63. The normalized spacial score (nSPS) is 16.9. The topological polar surface area (TPSA) is 15.3 Å². The monoisotopic (exact) mass is 324 g/mol. The molecule has 1 aliphatic heterocycles. The summed E-state index contributed by atoms with van der Waals surface area (Å²) in [5.41, 5.74) is 2.71. The number of hydrogen-bond acceptors (Lipinski definition) is 2. The van der Waals surface area contributed by atoms with Crippen LogP contribution >= 0.6 is 15.9 Å². The molecule has 0 saturated carbocycles. The summed E-state index contributed by atoms with van der Waals surface area (Å²) >= 11 is 3.74. The van der Waals surface area contributed by atoms with Crippen molar-refractivity contribution in [3.8, 4) is 0 Å². The Balaban J connectivity index is 1.98. The Bertz CT molecular complexity index is 398. The molecular weight excluding hydrogens is 300 g/mol. The molecule has 1 aliphatic rings.